The predicted octanol–water partition coefficient (Wildman–Crippen LogP) is 4.07. The van der Waals surface area contributed by atoms with Gasteiger partial charge < -0.3 is 14.7 Å². The van der Waals surface area contributed by atoms with E-state index in [4.69, 9.17) is 4.74 Å². The number of amides is 1. The van der Waals surface area contributed by atoms with Crippen LogP contribution in [0.4, 0.5) is 0 Å². The summed E-state index contributed by atoms with van der Waals surface area (Å²) in [6.07, 6.45) is 4.67. The summed E-state index contributed by atoms with van der Waals surface area (Å²) >= 11 is 0. The number of nitrogens with zero attached hydrogens (tertiary/aromatic N) is 2. The maximum Gasteiger partial charge on any atom is 0.295 e. The third-order valence-electron chi connectivity index (χ3n) is 6.19. The Balaban J connectivity index is 1.56. The van der Waals surface area contributed by atoms with Crippen LogP contribution in [0.3, 0.4) is 0 Å². The van der Waals surface area contributed by atoms with Gasteiger partial charge in [0.2, 0.25) is 0 Å². The second kappa shape index (κ2) is 8.54. The first kappa shape index (κ1) is 20.9. The van der Waals surface area contributed by atoms with E-state index in [9.17, 15) is 14.7 Å². The van der Waals surface area contributed by atoms with E-state index in [2.05, 4.69) is 4.98 Å². The van der Waals surface area contributed by atoms with Crippen LogP contribution in [0.25, 0.3) is 5.76 Å². The lowest BCUT2D eigenvalue weighted by Crippen LogP contribution is -2.31. The summed E-state index contributed by atoms with van der Waals surface area (Å²) in [7, 11) is 0. The number of pyridine rings is 1. The number of aromatic nitrogens is 1. The van der Waals surface area contributed by atoms with Crippen LogP contribution >= 0.6 is 0 Å². The summed E-state index contributed by atoms with van der Waals surface area (Å²) < 4.78 is 5.75. The highest BCUT2D eigenvalue weighted by Crippen LogP contribution is 2.40. The van der Waals surface area contributed by atoms with Crippen molar-refractivity contribution >= 4 is 17.4 Å². The number of ketones is 1. The molecular weight excluding hydrogens is 416 g/mol. The molecule has 166 valence electrons. The topological polar surface area (TPSA) is 79.7 Å². The van der Waals surface area contributed by atoms with Crippen LogP contribution in [-0.2, 0) is 22.4 Å². The first-order valence-corrected chi connectivity index (χ1v) is 11.0. The van der Waals surface area contributed by atoms with Gasteiger partial charge in [-0.15, -0.1) is 0 Å². The highest BCUT2D eigenvalue weighted by molar-refractivity contribution is 6.46. The molecule has 2 aliphatic rings. The van der Waals surface area contributed by atoms with Crippen molar-refractivity contribution in [2.24, 2.45) is 0 Å². The van der Waals surface area contributed by atoms with E-state index in [0.29, 0.717) is 24.1 Å². The van der Waals surface area contributed by atoms with Gasteiger partial charge in [-0.25, -0.2) is 0 Å². The van der Waals surface area contributed by atoms with Gasteiger partial charge >= 0.3 is 0 Å². The molecule has 1 amide bonds. The van der Waals surface area contributed by atoms with Crippen LogP contribution in [0.15, 0.2) is 78.6 Å². The molecule has 6 heteroatoms. The lowest BCUT2D eigenvalue weighted by Gasteiger charge is -2.25. The van der Waals surface area contributed by atoms with Crippen molar-refractivity contribution in [3.05, 3.63) is 101 Å². The molecule has 1 aromatic heterocycles. The Hall–Kier alpha value is -3.93. The van der Waals surface area contributed by atoms with Gasteiger partial charge in [-0.2, -0.15) is 0 Å². The number of likely N-dealkylation sites (tertiary alicyclic amines) is 1. The summed E-state index contributed by atoms with van der Waals surface area (Å²) in [6.45, 7) is 2.33. The molecule has 33 heavy (non-hydrogen) atoms. The van der Waals surface area contributed by atoms with Gasteiger partial charge in [0.15, 0.2) is 0 Å². The molecule has 2 aromatic carbocycles. The van der Waals surface area contributed by atoms with Gasteiger partial charge in [-0.3, -0.25) is 14.6 Å². The number of hydrogen-bond acceptors (Lipinski definition) is 5. The second-order valence-electron chi connectivity index (χ2n) is 8.47. The Bertz CT molecular complexity index is 1240. The summed E-state index contributed by atoms with van der Waals surface area (Å²) in [5, 5.41) is 11.3. The predicted molar refractivity (Wildman–Crippen MR) is 124 cm³/mol. The minimum atomic E-state index is -0.703. The fourth-order valence-corrected chi connectivity index (χ4v) is 4.61. The number of hydrogen-bond donors (Lipinski definition) is 1. The number of carbonyl (C=O) groups excluding carboxylic acids is 2. The molecule has 1 saturated heterocycles. The monoisotopic (exact) mass is 440 g/mol. The lowest BCUT2D eigenvalue weighted by atomic mass is 9.95. The molecule has 0 saturated carbocycles. The number of rotatable bonds is 5. The lowest BCUT2D eigenvalue weighted by molar-refractivity contribution is -0.139. The van der Waals surface area contributed by atoms with Gasteiger partial charge in [-0.1, -0.05) is 36.4 Å². The Morgan fingerprint density at radius 3 is 2.70 bits per heavy atom. The number of aliphatic hydroxyl groups excluding tert-OH is 1. The van der Waals surface area contributed by atoms with Gasteiger partial charge in [0.05, 0.1) is 11.6 Å². The minimum absolute atomic E-state index is 0.0661. The second-order valence-corrected chi connectivity index (χ2v) is 8.47. The first-order valence-electron chi connectivity index (χ1n) is 11.0. The van der Waals surface area contributed by atoms with Crippen molar-refractivity contribution in [2.75, 3.05) is 6.54 Å². The number of ether oxygens (including phenoxy) is 1. The van der Waals surface area contributed by atoms with Crippen LogP contribution in [0.1, 0.15) is 35.2 Å². The van der Waals surface area contributed by atoms with E-state index in [-0.39, 0.29) is 17.4 Å². The summed E-state index contributed by atoms with van der Waals surface area (Å²) in [6, 6.07) is 18.1. The first-order chi connectivity index (χ1) is 16.0. The SMILES string of the molecule is C[C@@H]1Cc2cc(/C(O)=C3\C(=O)C(=O)N(CCc4ccccc4)[C@H]3c3cccnc3)ccc2O1. The number of Topliss-reactive ketones (excluding diaryl/α,β-unsaturated/α-hetero) is 1. The van der Waals surface area contributed by atoms with Gasteiger partial charge in [0.1, 0.15) is 17.6 Å². The Morgan fingerprint density at radius 1 is 1.12 bits per heavy atom. The number of benzene rings is 2. The molecule has 1 fully saturated rings. The van der Waals surface area contributed by atoms with E-state index in [1.54, 1.807) is 30.6 Å². The Labute approximate surface area is 192 Å². The van der Waals surface area contributed by atoms with Crippen molar-refractivity contribution in [2.45, 2.75) is 31.9 Å². The molecule has 0 unspecified atom stereocenters. The van der Waals surface area contributed by atoms with E-state index in [1.807, 2.05) is 49.4 Å². The van der Waals surface area contributed by atoms with Crippen LogP contribution in [0, 0.1) is 0 Å². The van der Waals surface area contributed by atoms with Gasteiger partial charge in [-0.05, 0) is 54.3 Å². The molecule has 2 aliphatic heterocycles. The summed E-state index contributed by atoms with van der Waals surface area (Å²) in [4.78, 5) is 32.0. The van der Waals surface area contributed by atoms with Crippen molar-refractivity contribution in [1.82, 2.24) is 9.88 Å². The van der Waals surface area contributed by atoms with Crippen molar-refractivity contribution < 1.29 is 19.4 Å². The molecule has 3 aromatic rings. The zero-order valence-electron chi connectivity index (χ0n) is 18.3. The number of carbonyl (C=O) groups is 2. The van der Waals surface area contributed by atoms with Crippen molar-refractivity contribution in [3.63, 3.8) is 0 Å². The molecule has 2 atom stereocenters. The molecule has 0 bridgehead atoms. The van der Waals surface area contributed by atoms with E-state index in [1.165, 1.54) is 4.90 Å². The zero-order valence-corrected chi connectivity index (χ0v) is 18.3. The van der Waals surface area contributed by atoms with E-state index >= 15 is 0 Å². The maximum atomic E-state index is 13.2. The van der Waals surface area contributed by atoms with Crippen molar-refractivity contribution in [1.29, 1.82) is 0 Å². The molecule has 5 rings (SSSR count). The van der Waals surface area contributed by atoms with E-state index < -0.39 is 17.7 Å². The average molecular weight is 440 g/mol. The van der Waals surface area contributed by atoms with Crippen LogP contribution in [-0.4, -0.2) is 39.3 Å². The molecule has 1 N–H and O–H groups in total. The number of aliphatic hydroxyl groups is 1. The fourth-order valence-electron chi connectivity index (χ4n) is 4.61. The Kier molecular flexibility index (Phi) is 5.42. The van der Waals surface area contributed by atoms with E-state index in [0.717, 1.165) is 23.3 Å². The molecule has 6 nitrogen and oxygen atoms in total. The van der Waals surface area contributed by atoms with Crippen LogP contribution < -0.4 is 4.74 Å². The highest BCUT2D eigenvalue weighted by atomic mass is 16.5. The molecule has 0 aliphatic carbocycles. The highest BCUT2D eigenvalue weighted by Gasteiger charge is 2.46. The number of fused-ring (bicyclic) bond motifs is 1. The zero-order chi connectivity index (χ0) is 22.9. The summed E-state index contributed by atoms with van der Waals surface area (Å²) in [5.41, 5.74) is 3.32. The fraction of sp³-hybridized carbons (Fsp3) is 0.222. The largest absolute Gasteiger partial charge is 0.507 e. The normalized spacial score (nSPS) is 21.2. The van der Waals surface area contributed by atoms with Gasteiger partial charge in [0.25, 0.3) is 11.7 Å². The Morgan fingerprint density at radius 2 is 1.94 bits per heavy atom. The van der Waals surface area contributed by atoms with Gasteiger partial charge in [0, 0.05) is 30.9 Å². The molecule has 3 heterocycles. The van der Waals surface area contributed by atoms with Crippen LogP contribution in [0.5, 0.6) is 5.75 Å². The standard InChI is InChI=1S/C27H24N2O4/c1-17-14-21-15-19(9-10-22(21)33-17)25(30)23-24(20-8-5-12-28-16-20)29(27(32)26(23)31)13-11-18-6-3-2-4-7-18/h2-10,12,15-17,24,30H,11,13-14H2,1H3/b25-23+/t17-,24+/m1/s1. The minimum Gasteiger partial charge on any atom is -0.507 e. The van der Waals surface area contributed by atoms with Crippen molar-refractivity contribution in [3.8, 4) is 5.75 Å². The summed E-state index contributed by atoms with van der Waals surface area (Å²) in [5.74, 6) is -0.683. The smallest absolute Gasteiger partial charge is 0.295 e. The molecular formula is C27H24N2O4. The third-order valence-corrected chi connectivity index (χ3v) is 6.19. The molecule has 0 spiro atoms. The quantitative estimate of drug-likeness (QED) is 0.368. The molecule has 0 radical (unpaired) electrons. The van der Waals surface area contributed by atoms with Crippen LogP contribution in [0.2, 0.25) is 0 Å². The average Bonchev–Trinajstić information content (AvgIpc) is 3.34. The third kappa shape index (κ3) is 3.89. The maximum absolute atomic E-state index is 13.2.